The molecule has 20 heavy (non-hydrogen) atoms. The van der Waals surface area contributed by atoms with Gasteiger partial charge in [-0.2, -0.15) is 0 Å². The van der Waals surface area contributed by atoms with Crippen molar-refractivity contribution >= 4 is 5.97 Å². The fourth-order valence-corrected chi connectivity index (χ4v) is 1.87. The fourth-order valence-electron chi connectivity index (χ4n) is 1.87. The van der Waals surface area contributed by atoms with Crippen LogP contribution in [-0.4, -0.2) is 31.3 Å². The molecule has 7 heteroatoms. The zero-order valence-corrected chi connectivity index (χ0v) is 11.2. The highest BCUT2D eigenvalue weighted by molar-refractivity contribution is 5.69. The lowest BCUT2D eigenvalue weighted by Crippen LogP contribution is -2.14. The molecule has 0 aliphatic rings. The molecule has 0 bridgehead atoms. The Morgan fingerprint density at radius 2 is 2.20 bits per heavy atom. The van der Waals surface area contributed by atoms with Crippen molar-refractivity contribution in [3.05, 3.63) is 29.6 Å². The Morgan fingerprint density at radius 1 is 1.45 bits per heavy atom. The third-order valence-electron chi connectivity index (χ3n) is 3.03. The molecule has 0 aliphatic heterocycles. The number of carboxylic acids is 1. The number of hydrogen-bond acceptors (Lipinski definition) is 4. The standard InChI is InChI=1S/C13H15FN4O2/c1-8-5-10(7-11(14)6-8)12-15-16-17-18(12)4-3-9(2)13(19)20/h5-7,9H,3-4H2,1-2H3,(H,19,20). The fraction of sp³-hybridized carbons (Fsp3) is 0.385. The van der Waals surface area contributed by atoms with E-state index in [9.17, 15) is 9.18 Å². The summed E-state index contributed by atoms with van der Waals surface area (Å²) >= 11 is 0. The number of hydrogen-bond donors (Lipinski definition) is 1. The molecular formula is C13H15FN4O2. The van der Waals surface area contributed by atoms with Crippen LogP contribution in [0.4, 0.5) is 4.39 Å². The van der Waals surface area contributed by atoms with E-state index >= 15 is 0 Å². The molecule has 1 atom stereocenters. The lowest BCUT2D eigenvalue weighted by molar-refractivity contribution is -0.141. The molecule has 0 amide bonds. The van der Waals surface area contributed by atoms with Crippen LogP contribution in [0.1, 0.15) is 18.9 Å². The number of carbonyl (C=O) groups is 1. The molecule has 1 aromatic heterocycles. The van der Waals surface area contributed by atoms with Crippen molar-refractivity contribution in [2.24, 2.45) is 5.92 Å². The number of rotatable bonds is 5. The summed E-state index contributed by atoms with van der Waals surface area (Å²) < 4.78 is 14.9. The first-order valence-corrected chi connectivity index (χ1v) is 6.24. The molecule has 0 spiro atoms. The SMILES string of the molecule is Cc1cc(F)cc(-c2nnnn2CCC(C)C(=O)O)c1. The molecule has 0 fully saturated rings. The molecule has 0 radical (unpaired) electrons. The van der Waals surface area contributed by atoms with E-state index in [4.69, 9.17) is 5.11 Å². The molecule has 2 aromatic rings. The number of aromatic nitrogens is 4. The van der Waals surface area contributed by atoms with E-state index in [0.29, 0.717) is 24.4 Å². The van der Waals surface area contributed by atoms with Crippen LogP contribution in [0.5, 0.6) is 0 Å². The van der Waals surface area contributed by atoms with E-state index in [2.05, 4.69) is 15.5 Å². The van der Waals surface area contributed by atoms with Crippen LogP contribution in [0.25, 0.3) is 11.4 Å². The maximum Gasteiger partial charge on any atom is 0.306 e. The molecule has 1 N–H and O–H groups in total. The molecular weight excluding hydrogens is 263 g/mol. The average molecular weight is 278 g/mol. The molecule has 0 saturated heterocycles. The summed E-state index contributed by atoms with van der Waals surface area (Å²) in [5.74, 6) is -1.26. The topological polar surface area (TPSA) is 80.9 Å². The Balaban J connectivity index is 2.22. The molecule has 6 nitrogen and oxygen atoms in total. The Labute approximate surface area is 115 Å². The van der Waals surface area contributed by atoms with Gasteiger partial charge in [-0.1, -0.05) is 6.92 Å². The molecule has 1 unspecified atom stereocenters. The predicted molar refractivity (Wildman–Crippen MR) is 69.4 cm³/mol. The normalized spacial score (nSPS) is 12.3. The summed E-state index contributed by atoms with van der Waals surface area (Å²) in [6.45, 7) is 3.78. The minimum atomic E-state index is -0.860. The zero-order chi connectivity index (χ0) is 14.7. The molecule has 0 saturated carbocycles. The summed E-state index contributed by atoms with van der Waals surface area (Å²) in [7, 11) is 0. The van der Waals surface area contributed by atoms with E-state index in [0.717, 1.165) is 5.56 Å². The second kappa shape index (κ2) is 5.77. The van der Waals surface area contributed by atoms with Gasteiger partial charge >= 0.3 is 5.97 Å². The maximum absolute atomic E-state index is 13.4. The van der Waals surface area contributed by atoms with Crippen molar-refractivity contribution in [3.63, 3.8) is 0 Å². The van der Waals surface area contributed by atoms with E-state index in [-0.39, 0.29) is 5.82 Å². The van der Waals surface area contributed by atoms with Crippen molar-refractivity contribution in [1.29, 1.82) is 0 Å². The number of benzene rings is 1. The van der Waals surface area contributed by atoms with E-state index in [1.165, 1.54) is 16.8 Å². The first-order valence-electron chi connectivity index (χ1n) is 6.24. The van der Waals surface area contributed by atoms with Crippen molar-refractivity contribution in [2.45, 2.75) is 26.8 Å². The lowest BCUT2D eigenvalue weighted by atomic mass is 10.1. The van der Waals surface area contributed by atoms with Crippen LogP contribution in [0, 0.1) is 18.7 Å². The minimum absolute atomic E-state index is 0.353. The first kappa shape index (κ1) is 14.1. The van der Waals surface area contributed by atoms with Crippen LogP contribution in [0.15, 0.2) is 18.2 Å². The number of tetrazole rings is 1. The number of nitrogens with zero attached hydrogens (tertiary/aromatic N) is 4. The average Bonchev–Trinajstić information content (AvgIpc) is 2.82. The smallest absolute Gasteiger partial charge is 0.306 e. The summed E-state index contributed by atoms with van der Waals surface area (Å²) in [6, 6.07) is 4.56. The van der Waals surface area contributed by atoms with Gasteiger partial charge in [0.05, 0.1) is 5.92 Å². The van der Waals surface area contributed by atoms with Gasteiger partial charge in [0, 0.05) is 12.1 Å². The van der Waals surface area contributed by atoms with E-state index in [1.54, 1.807) is 19.9 Å². The first-order chi connectivity index (χ1) is 9.47. The van der Waals surface area contributed by atoms with Gasteiger partial charge in [-0.3, -0.25) is 4.79 Å². The molecule has 0 aliphatic carbocycles. The van der Waals surface area contributed by atoms with Crippen molar-refractivity contribution in [2.75, 3.05) is 0 Å². The lowest BCUT2D eigenvalue weighted by Gasteiger charge is -2.08. The van der Waals surface area contributed by atoms with Gasteiger partial charge in [-0.15, -0.1) is 5.10 Å². The molecule has 106 valence electrons. The third-order valence-corrected chi connectivity index (χ3v) is 3.03. The summed E-state index contributed by atoms with van der Waals surface area (Å²) in [6.07, 6.45) is 0.404. The second-order valence-electron chi connectivity index (χ2n) is 4.77. The molecule has 1 aromatic carbocycles. The van der Waals surface area contributed by atoms with Crippen LogP contribution >= 0.6 is 0 Å². The monoisotopic (exact) mass is 278 g/mol. The van der Waals surface area contributed by atoms with Gasteiger partial charge in [-0.25, -0.2) is 9.07 Å². The van der Waals surface area contributed by atoms with Gasteiger partial charge in [0.15, 0.2) is 5.82 Å². The van der Waals surface area contributed by atoms with Gasteiger partial charge in [0.2, 0.25) is 0 Å². The third kappa shape index (κ3) is 3.17. The van der Waals surface area contributed by atoms with Gasteiger partial charge in [-0.05, 0) is 47.5 Å². The van der Waals surface area contributed by atoms with Gasteiger partial charge in [0.1, 0.15) is 5.82 Å². The van der Waals surface area contributed by atoms with Crippen molar-refractivity contribution < 1.29 is 14.3 Å². The number of aliphatic carboxylic acids is 1. The summed E-state index contributed by atoms with van der Waals surface area (Å²) in [5, 5.41) is 20.1. The summed E-state index contributed by atoms with van der Waals surface area (Å²) in [5.41, 5.74) is 1.35. The maximum atomic E-state index is 13.4. The van der Waals surface area contributed by atoms with E-state index < -0.39 is 11.9 Å². The Morgan fingerprint density at radius 3 is 2.85 bits per heavy atom. The van der Waals surface area contributed by atoms with Gasteiger partial charge < -0.3 is 5.11 Å². The highest BCUT2D eigenvalue weighted by Crippen LogP contribution is 2.19. The Hall–Kier alpha value is -2.31. The van der Waals surface area contributed by atoms with Crippen LogP contribution in [0.2, 0.25) is 0 Å². The second-order valence-corrected chi connectivity index (χ2v) is 4.77. The predicted octanol–water partition coefficient (Wildman–Crippen LogP) is 1.90. The Kier molecular flexibility index (Phi) is 4.07. The Bertz CT molecular complexity index is 606. The number of aryl methyl sites for hydroxylation is 2. The zero-order valence-electron chi connectivity index (χ0n) is 11.2. The number of halogens is 1. The van der Waals surface area contributed by atoms with Crippen molar-refractivity contribution in [3.8, 4) is 11.4 Å². The van der Waals surface area contributed by atoms with Crippen LogP contribution in [-0.2, 0) is 11.3 Å². The quantitative estimate of drug-likeness (QED) is 0.903. The van der Waals surface area contributed by atoms with Crippen LogP contribution < -0.4 is 0 Å². The highest BCUT2D eigenvalue weighted by atomic mass is 19.1. The van der Waals surface area contributed by atoms with Crippen molar-refractivity contribution in [1.82, 2.24) is 20.2 Å². The highest BCUT2D eigenvalue weighted by Gasteiger charge is 2.14. The molecule has 2 rings (SSSR count). The largest absolute Gasteiger partial charge is 0.481 e. The van der Waals surface area contributed by atoms with E-state index in [1.807, 2.05) is 0 Å². The molecule has 1 heterocycles. The van der Waals surface area contributed by atoms with Crippen LogP contribution in [0.3, 0.4) is 0 Å². The van der Waals surface area contributed by atoms with Gasteiger partial charge in [0.25, 0.3) is 0 Å². The minimum Gasteiger partial charge on any atom is -0.481 e. The number of carboxylic acid groups (broad SMARTS) is 1. The summed E-state index contributed by atoms with van der Waals surface area (Å²) in [4.78, 5) is 10.8.